The molecule has 0 radical (unpaired) electrons. The van der Waals surface area contributed by atoms with Crippen molar-refractivity contribution in [1.82, 2.24) is 0 Å². The first-order valence-electron chi connectivity index (χ1n) is 6.72. The van der Waals surface area contributed by atoms with E-state index < -0.39 is 5.97 Å². The maximum Gasteiger partial charge on any atom is 0.335 e. The van der Waals surface area contributed by atoms with Crippen LogP contribution in [-0.4, -0.2) is 11.1 Å². The molecule has 0 saturated carbocycles. The Balaban J connectivity index is 2.04. The van der Waals surface area contributed by atoms with Crippen LogP contribution in [0.2, 0.25) is 5.02 Å². The van der Waals surface area contributed by atoms with Crippen LogP contribution in [0.1, 0.15) is 41.3 Å². The molecule has 0 bridgehead atoms. The number of carbonyl (C=O) groups is 1. The zero-order chi connectivity index (χ0) is 15.4. The Morgan fingerprint density at radius 2 is 1.86 bits per heavy atom. The lowest BCUT2D eigenvalue weighted by Crippen LogP contribution is -2.00. The molecule has 0 aliphatic carbocycles. The fourth-order valence-electron chi connectivity index (χ4n) is 1.91. The van der Waals surface area contributed by atoms with E-state index in [4.69, 9.17) is 21.4 Å². The Morgan fingerprint density at radius 1 is 1.19 bits per heavy atom. The summed E-state index contributed by atoms with van der Waals surface area (Å²) in [6.45, 7) is 4.58. The standard InChI is InChI=1S/C17H17ClO3/c1-11(2)12-5-7-15(8-6-12)21-10-14-4-3-13(17(19)20)9-16(14)18/h3-9,11H,10H2,1-2H3,(H,19,20). The highest BCUT2D eigenvalue weighted by molar-refractivity contribution is 6.31. The zero-order valence-electron chi connectivity index (χ0n) is 12.0. The number of carboxylic acids is 1. The molecule has 0 aliphatic heterocycles. The van der Waals surface area contributed by atoms with Crippen molar-refractivity contribution in [2.45, 2.75) is 26.4 Å². The molecular weight excluding hydrogens is 288 g/mol. The minimum Gasteiger partial charge on any atom is -0.489 e. The normalized spacial score (nSPS) is 10.7. The number of aromatic carboxylic acids is 1. The average molecular weight is 305 g/mol. The molecule has 2 aromatic rings. The molecular formula is C17H17ClO3. The van der Waals surface area contributed by atoms with Gasteiger partial charge in [-0.15, -0.1) is 0 Å². The second-order valence-electron chi connectivity index (χ2n) is 5.12. The molecule has 0 aromatic heterocycles. The molecule has 0 spiro atoms. The topological polar surface area (TPSA) is 46.5 Å². The van der Waals surface area contributed by atoms with Crippen molar-refractivity contribution in [2.75, 3.05) is 0 Å². The van der Waals surface area contributed by atoms with Gasteiger partial charge in [-0.05, 0) is 35.7 Å². The van der Waals surface area contributed by atoms with E-state index in [1.54, 1.807) is 6.07 Å². The van der Waals surface area contributed by atoms with Gasteiger partial charge in [0.1, 0.15) is 12.4 Å². The van der Waals surface area contributed by atoms with Crippen molar-refractivity contribution >= 4 is 17.6 Å². The monoisotopic (exact) mass is 304 g/mol. The lowest BCUT2D eigenvalue weighted by molar-refractivity contribution is 0.0697. The molecule has 0 aliphatic rings. The number of halogens is 1. The van der Waals surface area contributed by atoms with Gasteiger partial charge in [-0.25, -0.2) is 4.79 Å². The van der Waals surface area contributed by atoms with E-state index in [0.29, 0.717) is 17.5 Å². The van der Waals surface area contributed by atoms with E-state index in [2.05, 4.69) is 13.8 Å². The van der Waals surface area contributed by atoms with Gasteiger partial charge in [-0.1, -0.05) is 43.6 Å². The highest BCUT2D eigenvalue weighted by atomic mass is 35.5. The smallest absolute Gasteiger partial charge is 0.335 e. The highest BCUT2D eigenvalue weighted by Gasteiger charge is 2.08. The van der Waals surface area contributed by atoms with E-state index in [0.717, 1.165) is 11.3 Å². The van der Waals surface area contributed by atoms with Gasteiger partial charge in [0, 0.05) is 10.6 Å². The molecule has 110 valence electrons. The minimum atomic E-state index is -0.992. The quantitative estimate of drug-likeness (QED) is 0.867. The summed E-state index contributed by atoms with van der Waals surface area (Å²) in [6.07, 6.45) is 0. The average Bonchev–Trinajstić information content (AvgIpc) is 2.46. The van der Waals surface area contributed by atoms with Gasteiger partial charge >= 0.3 is 5.97 Å². The molecule has 0 amide bonds. The fraction of sp³-hybridized carbons (Fsp3) is 0.235. The molecule has 21 heavy (non-hydrogen) atoms. The molecule has 0 heterocycles. The third-order valence-electron chi connectivity index (χ3n) is 3.24. The van der Waals surface area contributed by atoms with Crippen LogP contribution in [0.4, 0.5) is 0 Å². The molecule has 0 saturated heterocycles. The van der Waals surface area contributed by atoms with Crippen LogP contribution in [0.3, 0.4) is 0 Å². The van der Waals surface area contributed by atoms with Crippen molar-refractivity contribution in [2.24, 2.45) is 0 Å². The Bertz CT molecular complexity index is 633. The van der Waals surface area contributed by atoms with Crippen molar-refractivity contribution in [1.29, 1.82) is 0 Å². The van der Waals surface area contributed by atoms with Crippen molar-refractivity contribution in [3.63, 3.8) is 0 Å². The Morgan fingerprint density at radius 3 is 2.38 bits per heavy atom. The third-order valence-corrected chi connectivity index (χ3v) is 3.59. The first-order chi connectivity index (χ1) is 9.97. The Kier molecular flexibility index (Phi) is 4.86. The zero-order valence-corrected chi connectivity index (χ0v) is 12.7. The van der Waals surface area contributed by atoms with E-state index in [-0.39, 0.29) is 5.56 Å². The summed E-state index contributed by atoms with van der Waals surface area (Å²) < 4.78 is 5.68. The van der Waals surface area contributed by atoms with Crippen LogP contribution < -0.4 is 4.74 Å². The number of carboxylic acid groups (broad SMARTS) is 1. The molecule has 4 heteroatoms. The van der Waals surface area contributed by atoms with Crippen LogP contribution in [0.25, 0.3) is 0 Å². The predicted octanol–water partition coefficient (Wildman–Crippen LogP) is 4.74. The van der Waals surface area contributed by atoms with E-state index in [9.17, 15) is 4.79 Å². The van der Waals surface area contributed by atoms with Crippen LogP contribution in [0, 0.1) is 0 Å². The molecule has 2 rings (SSSR count). The number of hydrogen-bond donors (Lipinski definition) is 1. The third kappa shape index (κ3) is 3.99. The van der Waals surface area contributed by atoms with Crippen molar-refractivity contribution < 1.29 is 14.6 Å². The van der Waals surface area contributed by atoms with Gasteiger partial charge in [0.15, 0.2) is 0 Å². The van der Waals surface area contributed by atoms with Crippen LogP contribution in [-0.2, 0) is 6.61 Å². The van der Waals surface area contributed by atoms with E-state index >= 15 is 0 Å². The van der Waals surface area contributed by atoms with Crippen LogP contribution in [0.15, 0.2) is 42.5 Å². The number of rotatable bonds is 5. The lowest BCUT2D eigenvalue weighted by atomic mass is 10.0. The van der Waals surface area contributed by atoms with Crippen LogP contribution >= 0.6 is 11.6 Å². The highest BCUT2D eigenvalue weighted by Crippen LogP contribution is 2.22. The van der Waals surface area contributed by atoms with Crippen LogP contribution in [0.5, 0.6) is 5.75 Å². The van der Waals surface area contributed by atoms with Crippen molar-refractivity contribution in [3.8, 4) is 5.75 Å². The number of ether oxygens (including phenoxy) is 1. The molecule has 0 unspecified atom stereocenters. The largest absolute Gasteiger partial charge is 0.489 e. The van der Waals surface area contributed by atoms with Gasteiger partial charge < -0.3 is 9.84 Å². The maximum atomic E-state index is 10.8. The van der Waals surface area contributed by atoms with Gasteiger partial charge in [0.25, 0.3) is 0 Å². The summed E-state index contributed by atoms with van der Waals surface area (Å²) in [7, 11) is 0. The first-order valence-corrected chi connectivity index (χ1v) is 7.09. The molecule has 0 fully saturated rings. The Hall–Kier alpha value is -2.00. The molecule has 1 N–H and O–H groups in total. The minimum absolute atomic E-state index is 0.171. The van der Waals surface area contributed by atoms with Gasteiger partial charge in [0.05, 0.1) is 5.56 Å². The number of benzene rings is 2. The second-order valence-corrected chi connectivity index (χ2v) is 5.53. The Labute approximate surface area is 129 Å². The molecule has 0 atom stereocenters. The SMILES string of the molecule is CC(C)c1ccc(OCc2ccc(C(=O)O)cc2Cl)cc1. The lowest BCUT2D eigenvalue weighted by Gasteiger charge is -2.10. The summed E-state index contributed by atoms with van der Waals surface area (Å²) in [5.41, 5.74) is 2.19. The fourth-order valence-corrected chi connectivity index (χ4v) is 2.14. The summed E-state index contributed by atoms with van der Waals surface area (Å²) >= 11 is 6.06. The van der Waals surface area contributed by atoms with Crippen molar-refractivity contribution in [3.05, 3.63) is 64.2 Å². The summed E-state index contributed by atoms with van der Waals surface area (Å²) in [6, 6.07) is 12.6. The summed E-state index contributed by atoms with van der Waals surface area (Å²) in [5.74, 6) is 0.253. The predicted molar refractivity (Wildman–Crippen MR) is 83.3 cm³/mol. The van der Waals surface area contributed by atoms with E-state index in [1.165, 1.54) is 17.7 Å². The van der Waals surface area contributed by atoms with Gasteiger partial charge in [0.2, 0.25) is 0 Å². The maximum absolute atomic E-state index is 10.8. The van der Waals surface area contributed by atoms with Gasteiger partial charge in [-0.3, -0.25) is 0 Å². The summed E-state index contributed by atoms with van der Waals surface area (Å²) in [5, 5.41) is 9.29. The first kappa shape index (κ1) is 15.4. The molecule has 2 aromatic carbocycles. The summed E-state index contributed by atoms with van der Waals surface area (Å²) in [4.78, 5) is 10.8. The van der Waals surface area contributed by atoms with Gasteiger partial charge in [-0.2, -0.15) is 0 Å². The molecule has 3 nitrogen and oxygen atoms in total. The number of hydrogen-bond acceptors (Lipinski definition) is 2. The van der Waals surface area contributed by atoms with E-state index in [1.807, 2.05) is 24.3 Å². The second kappa shape index (κ2) is 6.64.